The topological polar surface area (TPSA) is 38.1 Å². The molecule has 1 atom stereocenters. The first-order valence-electron chi connectivity index (χ1n) is 8.09. The lowest BCUT2D eigenvalue weighted by Gasteiger charge is -2.13. The van der Waals surface area contributed by atoms with Crippen LogP contribution in [-0.2, 0) is 0 Å². The Kier molecular flexibility index (Phi) is 4.36. The fourth-order valence-electron chi connectivity index (χ4n) is 2.84. The minimum Gasteiger partial charge on any atom is -0.373 e. The molecule has 4 rings (SSSR count). The van der Waals surface area contributed by atoms with Crippen LogP contribution >= 0.6 is 27.3 Å². The molecule has 2 heterocycles. The molecule has 126 valence electrons. The summed E-state index contributed by atoms with van der Waals surface area (Å²) < 4.78 is 7.94. The van der Waals surface area contributed by atoms with Crippen molar-refractivity contribution in [1.29, 1.82) is 0 Å². The highest BCUT2D eigenvalue weighted by molar-refractivity contribution is 9.10. The zero-order valence-electron chi connectivity index (χ0n) is 13.9. The van der Waals surface area contributed by atoms with Crippen molar-refractivity contribution in [2.45, 2.75) is 19.9 Å². The minimum absolute atomic E-state index is 0.171. The number of hydrogen-bond acceptors (Lipinski definition) is 4. The van der Waals surface area contributed by atoms with Crippen LogP contribution in [0.3, 0.4) is 0 Å². The van der Waals surface area contributed by atoms with E-state index >= 15 is 0 Å². The number of nitrogens with one attached hydrogen (secondary N) is 1. The molecule has 5 heteroatoms. The van der Waals surface area contributed by atoms with Gasteiger partial charge in [-0.1, -0.05) is 39.3 Å². The largest absolute Gasteiger partial charge is 0.373 e. The second-order valence-electron chi connectivity index (χ2n) is 6.03. The van der Waals surface area contributed by atoms with Crippen molar-refractivity contribution in [1.82, 2.24) is 5.16 Å². The third-order valence-corrected chi connectivity index (χ3v) is 6.03. The molecule has 4 aromatic rings. The Bertz CT molecular complexity index is 987. The Morgan fingerprint density at radius 2 is 1.88 bits per heavy atom. The standard InChI is InChI=1S/C20H17BrN2OS/c1-12(18-11-15-5-3-4-6-17(15)25-18)22-19-13(2)23-24-20(19)14-7-9-16(21)10-8-14/h3-12,22H,1-2H3. The summed E-state index contributed by atoms with van der Waals surface area (Å²) in [5.41, 5.74) is 2.83. The van der Waals surface area contributed by atoms with Crippen molar-refractivity contribution < 1.29 is 4.52 Å². The van der Waals surface area contributed by atoms with Crippen molar-refractivity contribution in [3.05, 3.63) is 69.6 Å². The summed E-state index contributed by atoms with van der Waals surface area (Å²) in [6, 6.07) is 19.0. The second kappa shape index (κ2) is 6.65. The van der Waals surface area contributed by atoms with Crippen molar-refractivity contribution in [3.63, 3.8) is 0 Å². The van der Waals surface area contributed by atoms with Crippen LogP contribution in [0.2, 0.25) is 0 Å². The molecule has 0 saturated heterocycles. The van der Waals surface area contributed by atoms with E-state index in [1.165, 1.54) is 15.0 Å². The first-order valence-corrected chi connectivity index (χ1v) is 9.70. The SMILES string of the molecule is Cc1noc(-c2ccc(Br)cc2)c1NC(C)c1cc2ccccc2s1. The lowest BCUT2D eigenvalue weighted by molar-refractivity contribution is 0.427. The van der Waals surface area contributed by atoms with Crippen LogP contribution in [0.4, 0.5) is 5.69 Å². The fraction of sp³-hybridized carbons (Fsp3) is 0.150. The number of halogens is 1. The van der Waals surface area contributed by atoms with Crippen molar-refractivity contribution in [2.24, 2.45) is 0 Å². The first kappa shape index (κ1) is 16.4. The molecular weight excluding hydrogens is 396 g/mol. The smallest absolute Gasteiger partial charge is 0.190 e. The van der Waals surface area contributed by atoms with Gasteiger partial charge in [-0.3, -0.25) is 0 Å². The zero-order chi connectivity index (χ0) is 17.4. The lowest BCUT2D eigenvalue weighted by atomic mass is 10.1. The van der Waals surface area contributed by atoms with E-state index in [-0.39, 0.29) is 6.04 Å². The zero-order valence-corrected chi connectivity index (χ0v) is 16.3. The monoisotopic (exact) mass is 412 g/mol. The predicted molar refractivity (Wildman–Crippen MR) is 108 cm³/mol. The van der Waals surface area contributed by atoms with E-state index in [1.54, 1.807) is 0 Å². The molecule has 0 aliphatic heterocycles. The number of nitrogens with zero attached hydrogens (tertiary/aromatic N) is 1. The number of thiophene rings is 1. The lowest BCUT2D eigenvalue weighted by Crippen LogP contribution is -2.06. The Morgan fingerprint density at radius 3 is 2.64 bits per heavy atom. The molecule has 2 aromatic heterocycles. The van der Waals surface area contributed by atoms with E-state index in [2.05, 4.69) is 63.7 Å². The molecule has 0 saturated carbocycles. The molecule has 0 fully saturated rings. The summed E-state index contributed by atoms with van der Waals surface area (Å²) in [5, 5.41) is 9.03. The van der Waals surface area contributed by atoms with Gasteiger partial charge in [0.2, 0.25) is 0 Å². The Hall–Kier alpha value is -2.11. The average molecular weight is 413 g/mol. The molecule has 0 bridgehead atoms. The van der Waals surface area contributed by atoms with Gasteiger partial charge >= 0.3 is 0 Å². The quantitative estimate of drug-likeness (QED) is 0.400. The van der Waals surface area contributed by atoms with Crippen molar-refractivity contribution >= 4 is 43.0 Å². The highest BCUT2D eigenvalue weighted by atomic mass is 79.9. The Morgan fingerprint density at radius 1 is 1.12 bits per heavy atom. The third-order valence-electron chi connectivity index (χ3n) is 4.20. The van der Waals surface area contributed by atoms with E-state index in [0.717, 1.165) is 27.2 Å². The van der Waals surface area contributed by atoms with Gasteiger partial charge in [0.1, 0.15) is 11.4 Å². The summed E-state index contributed by atoms with van der Waals surface area (Å²) >= 11 is 5.29. The van der Waals surface area contributed by atoms with Gasteiger partial charge in [0.25, 0.3) is 0 Å². The number of hydrogen-bond donors (Lipinski definition) is 1. The number of fused-ring (bicyclic) bond motifs is 1. The van der Waals surface area contributed by atoms with Crippen molar-refractivity contribution in [3.8, 4) is 11.3 Å². The minimum atomic E-state index is 0.171. The van der Waals surface area contributed by atoms with Gasteiger partial charge in [0.05, 0.1) is 6.04 Å². The average Bonchev–Trinajstić information content (AvgIpc) is 3.20. The summed E-state index contributed by atoms with van der Waals surface area (Å²) in [6.07, 6.45) is 0. The first-order chi connectivity index (χ1) is 12.1. The van der Waals surface area contributed by atoms with Gasteiger partial charge in [0, 0.05) is 19.6 Å². The fourth-order valence-corrected chi connectivity index (χ4v) is 4.17. The summed E-state index contributed by atoms with van der Waals surface area (Å²) in [6.45, 7) is 4.13. The molecular formula is C20H17BrN2OS. The van der Waals surface area contributed by atoms with Gasteiger partial charge < -0.3 is 9.84 Å². The van der Waals surface area contributed by atoms with Crippen LogP contribution < -0.4 is 5.32 Å². The highest BCUT2D eigenvalue weighted by Crippen LogP contribution is 2.36. The summed E-state index contributed by atoms with van der Waals surface area (Å²) in [4.78, 5) is 1.29. The molecule has 0 radical (unpaired) electrons. The van der Waals surface area contributed by atoms with Gasteiger partial charge in [-0.25, -0.2) is 0 Å². The predicted octanol–water partition coefficient (Wildman–Crippen LogP) is 6.80. The van der Waals surface area contributed by atoms with Crippen LogP contribution in [0.1, 0.15) is 23.5 Å². The van der Waals surface area contributed by atoms with E-state index < -0.39 is 0 Å². The highest BCUT2D eigenvalue weighted by Gasteiger charge is 2.18. The van der Waals surface area contributed by atoms with E-state index in [9.17, 15) is 0 Å². The molecule has 1 unspecified atom stereocenters. The number of aryl methyl sites for hydroxylation is 1. The Balaban J connectivity index is 1.66. The maximum absolute atomic E-state index is 5.59. The number of aromatic nitrogens is 1. The van der Waals surface area contributed by atoms with Gasteiger partial charge in [-0.05, 0) is 55.6 Å². The van der Waals surface area contributed by atoms with Crippen LogP contribution in [-0.4, -0.2) is 5.16 Å². The van der Waals surface area contributed by atoms with Crippen LogP contribution in [0.5, 0.6) is 0 Å². The van der Waals surface area contributed by atoms with Crippen molar-refractivity contribution in [2.75, 3.05) is 5.32 Å². The third kappa shape index (κ3) is 3.22. The molecule has 1 N–H and O–H groups in total. The molecule has 3 nitrogen and oxygen atoms in total. The summed E-state index contributed by atoms with van der Waals surface area (Å²) in [5.74, 6) is 0.776. The second-order valence-corrected chi connectivity index (χ2v) is 8.06. The van der Waals surface area contributed by atoms with E-state index in [4.69, 9.17) is 4.52 Å². The number of benzene rings is 2. The molecule has 0 amide bonds. The molecule has 0 aliphatic carbocycles. The van der Waals surface area contributed by atoms with Gasteiger partial charge in [-0.2, -0.15) is 0 Å². The molecule has 0 aliphatic rings. The normalized spacial score (nSPS) is 12.4. The number of anilines is 1. The van der Waals surface area contributed by atoms with E-state index in [1.807, 2.05) is 42.5 Å². The van der Waals surface area contributed by atoms with Crippen LogP contribution in [0.15, 0.2) is 63.6 Å². The van der Waals surface area contributed by atoms with Gasteiger partial charge in [-0.15, -0.1) is 11.3 Å². The number of rotatable bonds is 4. The van der Waals surface area contributed by atoms with E-state index in [0.29, 0.717) is 0 Å². The molecule has 0 spiro atoms. The van der Waals surface area contributed by atoms with Crippen LogP contribution in [0.25, 0.3) is 21.4 Å². The van der Waals surface area contributed by atoms with Gasteiger partial charge in [0.15, 0.2) is 5.76 Å². The Labute approximate surface area is 158 Å². The molecule has 25 heavy (non-hydrogen) atoms. The molecule has 2 aromatic carbocycles. The van der Waals surface area contributed by atoms with Crippen LogP contribution in [0, 0.1) is 6.92 Å². The summed E-state index contributed by atoms with van der Waals surface area (Å²) in [7, 11) is 0. The maximum atomic E-state index is 5.59. The maximum Gasteiger partial charge on any atom is 0.190 e.